The summed E-state index contributed by atoms with van der Waals surface area (Å²) in [7, 11) is 0. The highest BCUT2D eigenvalue weighted by molar-refractivity contribution is 9.10. The average molecular weight is 492 g/mol. The number of halogens is 1. The molecule has 0 radical (unpaired) electrons. The lowest BCUT2D eigenvalue weighted by Gasteiger charge is -2.10. The van der Waals surface area contributed by atoms with Crippen molar-refractivity contribution in [2.45, 2.75) is 20.3 Å². The van der Waals surface area contributed by atoms with E-state index in [4.69, 9.17) is 21.7 Å². The van der Waals surface area contributed by atoms with Crippen LogP contribution in [0.2, 0.25) is 0 Å². The quantitative estimate of drug-likeness (QED) is 0.264. The maximum atomic E-state index is 12.3. The Morgan fingerprint density at radius 2 is 1.97 bits per heavy atom. The van der Waals surface area contributed by atoms with Crippen LogP contribution < -0.4 is 9.47 Å². The van der Waals surface area contributed by atoms with Gasteiger partial charge in [-0.25, -0.2) is 0 Å². The molecule has 0 unspecified atom stereocenters. The summed E-state index contributed by atoms with van der Waals surface area (Å²) < 4.78 is 13.0. The van der Waals surface area contributed by atoms with Gasteiger partial charge in [0.05, 0.1) is 22.6 Å². The molecule has 152 valence electrons. The zero-order chi connectivity index (χ0) is 20.8. The van der Waals surface area contributed by atoms with Crippen molar-refractivity contribution in [3.8, 4) is 11.5 Å². The number of carbonyl (C=O) groups is 1. The second-order valence-corrected chi connectivity index (χ2v) is 9.01. The van der Waals surface area contributed by atoms with Crippen molar-refractivity contribution in [2.75, 3.05) is 19.8 Å². The van der Waals surface area contributed by atoms with Crippen molar-refractivity contribution in [3.63, 3.8) is 0 Å². The molecule has 0 N–H and O–H groups in total. The number of aryl methyl sites for hydroxylation is 1. The third-order valence-corrected chi connectivity index (χ3v) is 6.25. The molecule has 2 aromatic carbocycles. The van der Waals surface area contributed by atoms with Crippen LogP contribution in [0.15, 0.2) is 51.8 Å². The van der Waals surface area contributed by atoms with E-state index in [1.54, 1.807) is 4.90 Å². The normalized spacial score (nSPS) is 15.3. The van der Waals surface area contributed by atoms with Crippen molar-refractivity contribution in [3.05, 3.63) is 63.0 Å². The number of benzene rings is 2. The predicted molar refractivity (Wildman–Crippen MR) is 126 cm³/mol. The summed E-state index contributed by atoms with van der Waals surface area (Å²) >= 11 is 10.1. The van der Waals surface area contributed by atoms with Crippen LogP contribution in [0, 0.1) is 6.92 Å². The zero-order valence-corrected chi connectivity index (χ0v) is 19.5. The Hall–Kier alpha value is -1.83. The zero-order valence-electron chi connectivity index (χ0n) is 16.3. The monoisotopic (exact) mass is 491 g/mol. The van der Waals surface area contributed by atoms with E-state index >= 15 is 0 Å². The summed E-state index contributed by atoms with van der Waals surface area (Å²) in [6.07, 6.45) is 2.64. The third-order valence-electron chi connectivity index (χ3n) is 4.25. The van der Waals surface area contributed by atoms with E-state index in [2.05, 4.69) is 15.9 Å². The highest BCUT2D eigenvalue weighted by Gasteiger charge is 2.30. The maximum Gasteiger partial charge on any atom is 0.266 e. The lowest BCUT2D eigenvalue weighted by Crippen LogP contribution is -2.27. The van der Waals surface area contributed by atoms with E-state index in [0.717, 1.165) is 28.0 Å². The van der Waals surface area contributed by atoms with E-state index in [1.807, 2.05) is 62.4 Å². The van der Waals surface area contributed by atoms with Gasteiger partial charge in [0.1, 0.15) is 15.8 Å². The summed E-state index contributed by atoms with van der Waals surface area (Å²) in [6.45, 7) is 5.70. The molecule has 2 aromatic rings. The Morgan fingerprint density at radius 1 is 1.17 bits per heavy atom. The molecule has 0 aromatic heterocycles. The number of amides is 1. The number of hydrogen-bond donors (Lipinski definition) is 0. The molecule has 0 aliphatic carbocycles. The number of thioether (sulfide) groups is 1. The second kappa shape index (κ2) is 10.3. The number of ether oxygens (including phenoxy) is 2. The minimum absolute atomic E-state index is 0.0347. The Bertz CT molecular complexity index is 945. The van der Waals surface area contributed by atoms with Crippen LogP contribution in [0.5, 0.6) is 11.5 Å². The Balaban J connectivity index is 1.51. The maximum absolute atomic E-state index is 12.3. The second-order valence-electron chi connectivity index (χ2n) is 6.48. The fourth-order valence-electron chi connectivity index (χ4n) is 2.78. The van der Waals surface area contributed by atoms with E-state index in [-0.39, 0.29) is 5.91 Å². The first-order valence-electron chi connectivity index (χ1n) is 9.35. The van der Waals surface area contributed by atoms with Gasteiger partial charge in [-0.2, -0.15) is 0 Å². The highest BCUT2D eigenvalue weighted by Crippen LogP contribution is 2.34. The molecule has 1 amide bonds. The van der Waals surface area contributed by atoms with Crippen LogP contribution in [0.1, 0.15) is 24.5 Å². The van der Waals surface area contributed by atoms with Crippen LogP contribution in [0.4, 0.5) is 0 Å². The summed E-state index contributed by atoms with van der Waals surface area (Å²) in [6, 6.07) is 13.8. The number of hydrogen-bond acceptors (Lipinski definition) is 5. The first-order chi connectivity index (χ1) is 14.0. The summed E-state index contributed by atoms with van der Waals surface area (Å²) in [5.74, 6) is 1.61. The van der Waals surface area contributed by atoms with E-state index in [1.165, 1.54) is 17.3 Å². The largest absolute Gasteiger partial charge is 0.493 e. The van der Waals surface area contributed by atoms with Crippen LogP contribution in [0.3, 0.4) is 0 Å². The molecule has 1 aliphatic rings. The molecule has 0 saturated carbocycles. The van der Waals surface area contributed by atoms with Gasteiger partial charge in [-0.05, 0) is 71.2 Å². The standard InChI is InChI=1S/C22H22BrNO3S2/c1-3-24-21(25)20(29-22(24)28)14-16-8-9-19(18(23)13-16)27-11-5-10-26-17-7-4-6-15(2)12-17/h4,6-9,12-14H,3,5,10-11H2,1-2H3/b20-14-. The molecule has 1 aliphatic heterocycles. The molecule has 4 nitrogen and oxygen atoms in total. The molecular formula is C22H22BrNO3S2. The number of likely N-dealkylation sites (N-methyl/N-ethyl adjacent to an activating group) is 1. The van der Waals surface area contributed by atoms with Gasteiger partial charge in [-0.3, -0.25) is 9.69 Å². The first-order valence-corrected chi connectivity index (χ1v) is 11.4. The molecule has 1 saturated heterocycles. The lowest BCUT2D eigenvalue weighted by atomic mass is 10.2. The molecule has 0 spiro atoms. The topological polar surface area (TPSA) is 38.8 Å². The van der Waals surface area contributed by atoms with Crippen LogP contribution in [-0.2, 0) is 4.79 Å². The Morgan fingerprint density at radius 3 is 2.66 bits per heavy atom. The minimum Gasteiger partial charge on any atom is -0.493 e. The molecule has 7 heteroatoms. The van der Waals surface area contributed by atoms with Gasteiger partial charge in [-0.1, -0.05) is 42.2 Å². The molecule has 29 heavy (non-hydrogen) atoms. The van der Waals surface area contributed by atoms with Gasteiger partial charge in [0.15, 0.2) is 0 Å². The van der Waals surface area contributed by atoms with Crippen molar-refractivity contribution in [1.29, 1.82) is 0 Å². The van der Waals surface area contributed by atoms with Gasteiger partial charge in [0.25, 0.3) is 5.91 Å². The Kier molecular flexibility index (Phi) is 7.75. The third kappa shape index (κ3) is 5.84. The van der Waals surface area contributed by atoms with Crippen molar-refractivity contribution >= 4 is 56.2 Å². The minimum atomic E-state index is -0.0347. The van der Waals surface area contributed by atoms with Crippen molar-refractivity contribution in [1.82, 2.24) is 4.90 Å². The van der Waals surface area contributed by atoms with E-state index in [9.17, 15) is 4.79 Å². The van der Waals surface area contributed by atoms with Gasteiger partial charge in [0.2, 0.25) is 0 Å². The fourth-order valence-corrected chi connectivity index (χ4v) is 4.68. The van der Waals surface area contributed by atoms with Crippen molar-refractivity contribution in [2.24, 2.45) is 0 Å². The summed E-state index contributed by atoms with van der Waals surface area (Å²) in [5.41, 5.74) is 2.10. The van der Waals surface area contributed by atoms with Gasteiger partial charge in [0, 0.05) is 13.0 Å². The highest BCUT2D eigenvalue weighted by atomic mass is 79.9. The van der Waals surface area contributed by atoms with Crippen molar-refractivity contribution < 1.29 is 14.3 Å². The van der Waals surface area contributed by atoms with Gasteiger partial charge >= 0.3 is 0 Å². The predicted octanol–water partition coefficient (Wildman–Crippen LogP) is 5.83. The first kappa shape index (κ1) is 21.9. The van der Waals surface area contributed by atoms with Crippen LogP contribution >= 0.6 is 39.9 Å². The van der Waals surface area contributed by atoms with Crippen LogP contribution in [-0.4, -0.2) is 34.9 Å². The summed E-state index contributed by atoms with van der Waals surface area (Å²) in [5, 5.41) is 0. The molecular weight excluding hydrogens is 470 g/mol. The summed E-state index contributed by atoms with van der Waals surface area (Å²) in [4.78, 5) is 14.6. The number of thiocarbonyl (C=S) groups is 1. The van der Waals surface area contributed by atoms with Gasteiger partial charge < -0.3 is 9.47 Å². The molecule has 0 atom stereocenters. The number of rotatable bonds is 8. The number of carbonyl (C=O) groups excluding carboxylic acids is 1. The number of nitrogens with zero attached hydrogens (tertiary/aromatic N) is 1. The Labute approximate surface area is 189 Å². The fraction of sp³-hybridized carbons (Fsp3) is 0.273. The van der Waals surface area contributed by atoms with E-state index in [0.29, 0.717) is 29.0 Å². The average Bonchev–Trinajstić information content (AvgIpc) is 2.95. The van der Waals surface area contributed by atoms with Gasteiger partial charge in [-0.15, -0.1) is 0 Å². The SMILES string of the molecule is CCN1C(=O)/C(=C/c2ccc(OCCCOc3cccc(C)c3)c(Br)c2)SC1=S. The molecule has 1 fully saturated rings. The molecule has 3 rings (SSSR count). The van der Waals surface area contributed by atoms with Crippen LogP contribution in [0.25, 0.3) is 6.08 Å². The molecule has 1 heterocycles. The van der Waals surface area contributed by atoms with E-state index < -0.39 is 0 Å². The lowest BCUT2D eigenvalue weighted by molar-refractivity contribution is -0.121. The molecule has 0 bridgehead atoms. The smallest absolute Gasteiger partial charge is 0.266 e.